The molecular formula is C25H16. The Morgan fingerprint density at radius 2 is 0.960 bits per heavy atom. The van der Waals surface area contributed by atoms with Crippen LogP contribution in [-0.4, -0.2) is 0 Å². The molecule has 0 nitrogen and oxygen atoms in total. The summed E-state index contributed by atoms with van der Waals surface area (Å²) in [5.74, 6) is 0. The van der Waals surface area contributed by atoms with Gasteiger partial charge in [-0.05, 0) is 57.6 Å². The molecule has 4 aromatic carbocycles. The lowest BCUT2D eigenvalue weighted by Gasteiger charge is -2.33. The number of fused-ring (bicyclic) bond motifs is 3. The maximum absolute atomic E-state index is 3.31. The lowest BCUT2D eigenvalue weighted by molar-refractivity contribution is 0.768. The molecule has 0 amide bonds. The van der Waals surface area contributed by atoms with Crippen LogP contribution in [0, 0.1) is 12.1 Å². The van der Waals surface area contributed by atoms with Gasteiger partial charge in [-0.3, -0.25) is 0 Å². The quantitative estimate of drug-likeness (QED) is 0.395. The number of hydrogen-bond acceptors (Lipinski definition) is 0. The molecule has 0 bridgehead atoms. The van der Waals surface area contributed by atoms with Crippen molar-refractivity contribution < 1.29 is 0 Å². The van der Waals surface area contributed by atoms with Gasteiger partial charge >= 0.3 is 0 Å². The lowest BCUT2D eigenvalue weighted by Crippen LogP contribution is -2.28. The van der Waals surface area contributed by atoms with Gasteiger partial charge < -0.3 is 0 Å². The largest absolute Gasteiger partial charge is 0.0713 e. The van der Waals surface area contributed by atoms with Gasteiger partial charge in [0.05, 0.1) is 5.41 Å². The van der Waals surface area contributed by atoms with Crippen LogP contribution < -0.4 is 0 Å². The Balaban J connectivity index is 1.98. The smallest absolute Gasteiger partial charge is 0.0622 e. The third kappa shape index (κ3) is 1.88. The molecule has 0 saturated heterocycles. The van der Waals surface area contributed by atoms with Crippen molar-refractivity contribution in [3.8, 4) is 11.1 Å². The van der Waals surface area contributed by atoms with Crippen molar-refractivity contribution >= 4 is 0 Å². The van der Waals surface area contributed by atoms with Crippen LogP contribution in [0.3, 0.4) is 0 Å². The summed E-state index contributed by atoms with van der Waals surface area (Å²) in [5, 5.41) is 0. The summed E-state index contributed by atoms with van der Waals surface area (Å²) in [4.78, 5) is 0. The van der Waals surface area contributed by atoms with Crippen molar-refractivity contribution in [3.63, 3.8) is 0 Å². The predicted octanol–water partition coefficient (Wildman–Crippen LogP) is 5.65. The van der Waals surface area contributed by atoms with E-state index in [0.29, 0.717) is 0 Å². The van der Waals surface area contributed by atoms with E-state index < -0.39 is 0 Å². The zero-order chi connectivity index (χ0) is 16.7. The lowest BCUT2D eigenvalue weighted by atomic mass is 9.68. The molecular weight excluding hydrogens is 300 g/mol. The first-order valence-electron chi connectivity index (χ1n) is 8.55. The number of hydrogen-bond donors (Lipinski definition) is 0. The monoisotopic (exact) mass is 316 g/mol. The Kier molecular flexibility index (Phi) is 3.11. The maximum Gasteiger partial charge on any atom is 0.0713 e. The topological polar surface area (TPSA) is 0 Å². The molecule has 0 aliphatic heterocycles. The zero-order valence-electron chi connectivity index (χ0n) is 13.7. The van der Waals surface area contributed by atoms with Crippen LogP contribution in [0.25, 0.3) is 11.1 Å². The highest BCUT2D eigenvalue weighted by Gasteiger charge is 2.45. The summed E-state index contributed by atoms with van der Waals surface area (Å²) in [7, 11) is 0. The van der Waals surface area contributed by atoms with E-state index in [-0.39, 0.29) is 5.41 Å². The van der Waals surface area contributed by atoms with Gasteiger partial charge in [0.1, 0.15) is 0 Å². The van der Waals surface area contributed by atoms with E-state index in [0.717, 1.165) is 0 Å². The molecule has 2 radical (unpaired) electrons. The molecule has 1 aliphatic carbocycles. The fourth-order valence-corrected chi connectivity index (χ4v) is 4.26. The Labute approximate surface area is 148 Å². The van der Waals surface area contributed by atoms with Crippen molar-refractivity contribution in [2.24, 2.45) is 0 Å². The molecule has 0 unspecified atom stereocenters. The summed E-state index contributed by atoms with van der Waals surface area (Å²) >= 11 is 0. The SMILES string of the molecule is [c]1ccc2c(c1)C(c1ccccc1)(c1ccccc1)c1c[c]ccc1-2. The molecule has 0 heterocycles. The van der Waals surface area contributed by atoms with E-state index in [2.05, 4.69) is 97.1 Å². The molecule has 5 rings (SSSR count). The van der Waals surface area contributed by atoms with E-state index in [1.807, 2.05) is 12.1 Å². The molecule has 0 spiro atoms. The highest BCUT2D eigenvalue weighted by Crippen LogP contribution is 2.55. The van der Waals surface area contributed by atoms with E-state index >= 15 is 0 Å². The van der Waals surface area contributed by atoms with Crippen molar-refractivity contribution in [2.75, 3.05) is 0 Å². The molecule has 0 atom stereocenters. The van der Waals surface area contributed by atoms with Crippen molar-refractivity contribution in [2.45, 2.75) is 5.41 Å². The van der Waals surface area contributed by atoms with Gasteiger partial charge in [0.2, 0.25) is 0 Å². The minimum Gasteiger partial charge on any atom is -0.0622 e. The Hall–Kier alpha value is -3.12. The van der Waals surface area contributed by atoms with Crippen LogP contribution in [-0.2, 0) is 5.41 Å². The normalized spacial score (nSPS) is 13.9. The first-order chi connectivity index (χ1) is 12.4. The molecule has 0 aromatic heterocycles. The van der Waals surface area contributed by atoms with Crippen LogP contribution in [0.4, 0.5) is 0 Å². The van der Waals surface area contributed by atoms with Crippen molar-refractivity contribution in [1.82, 2.24) is 0 Å². The first-order valence-corrected chi connectivity index (χ1v) is 8.55. The zero-order valence-corrected chi connectivity index (χ0v) is 13.7. The van der Waals surface area contributed by atoms with Gasteiger partial charge in [-0.1, -0.05) is 84.9 Å². The Bertz CT molecular complexity index is 943. The Morgan fingerprint density at radius 3 is 1.40 bits per heavy atom. The third-order valence-electron chi connectivity index (χ3n) is 5.24. The van der Waals surface area contributed by atoms with Gasteiger partial charge in [0, 0.05) is 0 Å². The highest BCUT2D eigenvalue weighted by atomic mass is 14.5. The second kappa shape index (κ2) is 5.46. The van der Waals surface area contributed by atoms with Crippen molar-refractivity contribution in [1.29, 1.82) is 0 Å². The summed E-state index contributed by atoms with van der Waals surface area (Å²) in [5.41, 5.74) is 7.40. The van der Waals surface area contributed by atoms with Crippen LogP contribution in [0.2, 0.25) is 0 Å². The van der Waals surface area contributed by atoms with Crippen LogP contribution >= 0.6 is 0 Å². The van der Waals surface area contributed by atoms with E-state index in [9.17, 15) is 0 Å². The number of rotatable bonds is 2. The summed E-state index contributed by atoms with van der Waals surface area (Å²) in [6.07, 6.45) is 0. The standard InChI is InChI=1S/C25H16/c1-3-11-19(12-4-1)25(20-13-5-2-6-14-20)23-17-9-7-15-21(23)22-16-8-10-18-24(22)25/h1-8,11-18H. The first kappa shape index (κ1) is 14.2. The molecule has 116 valence electrons. The van der Waals surface area contributed by atoms with Gasteiger partial charge in [-0.25, -0.2) is 0 Å². The third-order valence-corrected chi connectivity index (χ3v) is 5.24. The van der Waals surface area contributed by atoms with Gasteiger partial charge in [-0.2, -0.15) is 0 Å². The fraction of sp³-hybridized carbons (Fsp3) is 0.0400. The molecule has 0 saturated carbocycles. The summed E-state index contributed by atoms with van der Waals surface area (Å²) in [6.45, 7) is 0. The summed E-state index contributed by atoms with van der Waals surface area (Å²) < 4.78 is 0. The van der Waals surface area contributed by atoms with Gasteiger partial charge in [0.15, 0.2) is 0 Å². The average molecular weight is 316 g/mol. The second-order valence-electron chi connectivity index (χ2n) is 6.43. The van der Waals surface area contributed by atoms with E-state index in [1.165, 1.54) is 33.4 Å². The van der Waals surface area contributed by atoms with Crippen LogP contribution in [0.15, 0.2) is 97.1 Å². The molecule has 25 heavy (non-hydrogen) atoms. The van der Waals surface area contributed by atoms with E-state index in [1.54, 1.807) is 0 Å². The summed E-state index contributed by atoms with van der Waals surface area (Å²) in [6, 6.07) is 40.8. The molecule has 0 heteroatoms. The minimum atomic E-state index is -0.317. The second-order valence-corrected chi connectivity index (χ2v) is 6.43. The van der Waals surface area contributed by atoms with Crippen LogP contribution in [0.5, 0.6) is 0 Å². The number of benzene rings is 4. The van der Waals surface area contributed by atoms with Gasteiger partial charge in [0.25, 0.3) is 0 Å². The molecule has 1 aliphatic rings. The van der Waals surface area contributed by atoms with Gasteiger partial charge in [-0.15, -0.1) is 0 Å². The highest BCUT2D eigenvalue weighted by molar-refractivity contribution is 5.85. The fourth-order valence-electron chi connectivity index (χ4n) is 4.26. The van der Waals surface area contributed by atoms with Crippen molar-refractivity contribution in [3.05, 3.63) is 131 Å². The molecule has 0 fully saturated rings. The van der Waals surface area contributed by atoms with Crippen LogP contribution in [0.1, 0.15) is 22.3 Å². The predicted molar refractivity (Wildman–Crippen MR) is 101 cm³/mol. The minimum absolute atomic E-state index is 0.317. The average Bonchev–Trinajstić information content (AvgIpc) is 3.01. The molecule has 4 aromatic rings. The maximum atomic E-state index is 3.31. The molecule has 0 N–H and O–H groups in total. The van der Waals surface area contributed by atoms with E-state index in [4.69, 9.17) is 0 Å². The Morgan fingerprint density at radius 1 is 0.520 bits per heavy atom.